The molecular weight excluding hydrogens is 388 g/mol. The lowest BCUT2D eigenvalue weighted by Gasteiger charge is -2.07. The molecule has 142 valence electrons. The van der Waals surface area contributed by atoms with Gasteiger partial charge in [-0.3, -0.25) is 9.56 Å². The lowest BCUT2D eigenvalue weighted by Crippen LogP contribution is -1.95. The van der Waals surface area contributed by atoms with E-state index in [1.165, 1.54) is 16.9 Å². The van der Waals surface area contributed by atoms with Crippen LogP contribution in [-0.2, 0) is 6.42 Å². The highest BCUT2D eigenvalue weighted by molar-refractivity contribution is 7.73. The fourth-order valence-corrected chi connectivity index (χ4v) is 4.58. The minimum absolute atomic E-state index is 0.139. The summed E-state index contributed by atoms with van der Waals surface area (Å²) in [7, 11) is 0. The van der Waals surface area contributed by atoms with E-state index in [1.807, 2.05) is 49.5 Å². The number of thiazole rings is 1. The molecule has 0 saturated heterocycles. The van der Waals surface area contributed by atoms with E-state index in [-0.39, 0.29) is 5.88 Å². The number of hydrogen-bond acceptors (Lipinski definition) is 5. The minimum atomic E-state index is 0.139. The number of aliphatic imine (C=N–C) groups is 1. The van der Waals surface area contributed by atoms with Crippen LogP contribution in [0.1, 0.15) is 29.9 Å². The Morgan fingerprint density at radius 1 is 1.18 bits per heavy atom. The highest BCUT2D eigenvalue weighted by Crippen LogP contribution is 2.38. The average molecular weight is 409 g/mol. The lowest BCUT2D eigenvalue weighted by molar-refractivity contribution is 0.340. The Labute approximate surface area is 173 Å². The largest absolute Gasteiger partial charge is 0.494 e. The Hall–Kier alpha value is -2.70. The zero-order valence-electron chi connectivity index (χ0n) is 15.7. The predicted octanol–water partition coefficient (Wildman–Crippen LogP) is 6.19. The number of para-hydroxylation sites is 1. The van der Waals surface area contributed by atoms with Crippen LogP contribution < -0.4 is 4.74 Å². The monoisotopic (exact) mass is 408 g/mol. The molecule has 0 unspecified atom stereocenters. The molecule has 1 aliphatic rings. The van der Waals surface area contributed by atoms with E-state index in [4.69, 9.17) is 17.0 Å². The Balaban J connectivity index is 1.73. The first-order chi connectivity index (χ1) is 13.6. The topological polar surface area (TPSA) is 46.8 Å². The Morgan fingerprint density at radius 2 is 1.96 bits per heavy atom. The summed E-state index contributed by atoms with van der Waals surface area (Å²) in [6.45, 7) is 4.69. The van der Waals surface area contributed by atoms with Gasteiger partial charge < -0.3 is 9.84 Å². The van der Waals surface area contributed by atoms with Crippen LogP contribution in [0.15, 0.2) is 47.5 Å². The summed E-state index contributed by atoms with van der Waals surface area (Å²) < 4.78 is 7.75. The molecule has 1 aliphatic heterocycles. The van der Waals surface area contributed by atoms with Crippen LogP contribution in [0, 0.1) is 3.95 Å². The molecule has 6 heteroatoms. The zero-order chi connectivity index (χ0) is 19.7. The summed E-state index contributed by atoms with van der Waals surface area (Å²) in [5.41, 5.74) is 5.12. The van der Waals surface area contributed by atoms with Crippen LogP contribution >= 0.6 is 23.6 Å². The van der Waals surface area contributed by atoms with Crippen LogP contribution in [0.25, 0.3) is 17.3 Å². The molecule has 3 aromatic rings. The van der Waals surface area contributed by atoms with Gasteiger partial charge in [0.1, 0.15) is 5.75 Å². The second-order valence-corrected chi connectivity index (χ2v) is 8.02. The van der Waals surface area contributed by atoms with E-state index in [2.05, 4.69) is 24.0 Å². The van der Waals surface area contributed by atoms with Crippen molar-refractivity contribution in [2.45, 2.75) is 20.3 Å². The number of nitrogens with zero attached hydrogens (tertiary/aromatic N) is 2. The highest BCUT2D eigenvalue weighted by Gasteiger charge is 2.18. The van der Waals surface area contributed by atoms with Gasteiger partial charge in [0, 0.05) is 17.4 Å². The standard InChI is InChI=1S/C22H20N2O2S2/c1-3-14-6-5-7-18-15(13-23-20(14)18)12-19-21(25)24(22(27)28-19)16-8-10-17(11-9-16)26-4-2/h5-13,25H,3-4H2,1-2H3. The van der Waals surface area contributed by atoms with Crippen LogP contribution in [0.5, 0.6) is 11.6 Å². The summed E-state index contributed by atoms with van der Waals surface area (Å²) in [6.07, 6.45) is 4.75. The lowest BCUT2D eigenvalue weighted by atomic mass is 10.0. The molecular formula is C22H20N2O2S2. The van der Waals surface area contributed by atoms with Crippen molar-refractivity contribution in [3.63, 3.8) is 0 Å². The van der Waals surface area contributed by atoms with Crippen molar-refractivity contribution in [3.05, 3.63) is 62.4 Å². The van der Waals surface area contributed by atoms with E-state index in [0.29, 0.717) is 10.6 Å². The van der Waals surface area contributed by atoms with Crippen molar-refractivity contribution in [1.82, 2.24) is 4.57 Å². The van der Waals surface area contributed by atoms with E-state index < -0.39 is 0 Å². The fraction of sp³-hybridized carbons (Fsp3) is 0.182. The van der Waals surface area contributed by atoms with Gasteiger partial charge in [0.05, 0.1) is 22.9 Å². The van der Waals surface area contributed by atoms with E-state index >= 15 is 0 Å². The van der Waals surface area contributed by atoms with E-state index in [1.54, 1.807) is 4.57 Å². The number of aromatic nitrogens is 1. The third-order valence-electron chi connectivity index (χ3n) is 4.65. The van der Waals surface area contributed by atoms with Gasteiger partial charge in [-0.25, -0.2) is 0 Å². The second kappa shape index (κ2) is 7.73. The summed E-state index contributed by atoms with van der Waals surface area (Å²) in [6, 6.07) is 13.8. The molecule has 0 bridgehead atoms. The molecule has 4 rings (SSSR count). The molecule has 4 nitrogen and oxygen atoms in total. The van der Waals surface area contributed by atoms with Crippen LogP contribution in [0.4, 0.5) is 5.69 Å². The summed E-state index contributed by atoms with van der Waals surface area (Å²) in [4.78, 5) is 5.29. The fourth-order valence-electron chi connectivity index (χ4n) is 3.28. The van der Waals surface area contributed by atoms with Crippen LogP contribution in [-0.4, -0.2) is 22.5 Å². The normalized spacial score (nSPS) is 13.9. The van der Waals surface area contributed by atoms with Crippen LogP contribution in [0.3, 0.4) is 0 Å². The maximum absolute atomic E-state index is 10.8. The molecule has 1 N–H and O–H groups in total. The maximum Gasteiger partial charge on any atom is 0.215 e. The van der Waals surface area contributed by atoms with Crippen LogP contribution in [0.2, 0.25) is 0 Å². The Morgan fingerprint density at radius 3 is 2.68 bits per heavy atom. The minimum Gasteiger partial charge on any atom is -0.494 e. The van der Waals surface area contributed by atoms with Gasteiger partial charge in [-0.1, -0.05) is 25.1 Å². The van der Waals surface area contributed by atoms with Gasteiger partial charge in [-0.2, -0.15) is 0 Å². The van der Waals surface area contributed by atoms with Crippen molar-refractivity contribution < 1.29 is 9.84 Å². The van der Waals surface area contributed by atoms with Gasteiger partial charge in [-0.15, -0.1) is 11.3 Å². The Kier molecular flexibility index (Phi) is 5.15. The SMILES string of the molecule is CCOc1ccc(-n2c(O)c(C=C3C=Nc4c(CC)cccc43)sc2=S)cc1. The number of ether oxygens (including phenoxy) is 1. The molecule has 0 saturated carbocycles. The summed E-state index contributed by atoms with van der Waals surface area (Å²) in [5, 5.41) is 10.8. The Bertz CT molecular complexity index is 1140. The smallest absolute Gasteiger partial charge is 0.215 e. The predicted molar refractivity (Wildman–Crippen MR) is 119 cm³/mol. The van der Waals surface area contributed by atoms with E-state index in [0.717, 1.165) is 39.6 Å². The van der Waals surface area contributed by atoms with Gasteiger partial charge in [0.25, 0.3) is 0 Å². The molecule has 0 spiro atoms. The van der Waals surface area contributed by atoms with Gasteiger partial charge >= 0.3 is 0 Å². The maximum atomic E-state index is 10.8. The number of benzene rings is 2. The molecule has 0 aliphatic carbocycles. The number of fused-ring (bicyclic) bond motifs is 1. The van der Waals surface area contributed by atoms with E-state index in [9.17, 15) is 5.11 Å². The summed E-state index contributed by atoms with van der Waals surface area (Å²) >= 11 is 6.89. The number of aryl methyl sites for hydroxylation is 1. The van der Waals surface area contributed by atoms with Crippen molar-refractivity contribution in [3.8, 4) is 17.3 Å². The molecule has 2 heterocycles. The number of aromatic hydroxyl groups is 1. The third kappa shape index (κ3) is 3.30. The van der Waals surface area contributed by atoms with Crippen molar-refractivity contribution >= 4 is 47.1 Å². The molecule has 2 aromatic carbocycles. The molecule has 1 aromatic heterocycles. The van der Waals surface area contributed by atoms with Crippen molar-refractivity contribution in [2.75, 3.05) is 6.61 Å². The number of allylic oxidation sites excluding steroid dienone is 1. The molecule has 0 radical (unpaired) electrons. The first-order valence-electron chi connectivity index (χ1n) is 9.18. The van der Waals surface area contributed by atoms with Gasteiger partial charge in [0.15, 0.2) is 3.95 Å². The van der Waals surface area contributed by atoms with Crippen molar-refractivity contribution in [2.24, 2.45) is 4.99 Å². The second-order valence-electron chi connectivity index (χ2n) is 6.34. The first-order valence-corrected chi connectivity index (χ1v) is 10.4. The zero-order valence-corrected chi connectivity index (χ0v) is 17.3. The molecule has 0 atom stereocenters. The van der Waals surface area contributed by atoms with Gasteiger partial charge in [0.2, 0.25) is 5.88 Å². The van der Waals surface area contributed by atoms with Crippen molar-refractivity contribution in [1.29, 1.82) is 0 Å². The molecule has 0 amide bonds. The number of hydrogen-bond donors (Lipinski definition) is 1. The average Bonchev–Trinajstić information content (AvgIpc) is 3.24. The third-order valence-corrected chi connectivity index (χ3v) is 5.96. The number of rotatable bonds is 5. The first kappa shape index (κ1) is 18.7. The highest BCUT2D eigenvalue weighted by atomic mass is 32.1. The van der Waals surface area contributed by atoms with Gasteiger partial charge in [-0.05, 0) is 61.5 Å². The molecule has 0 fully saturated rings. The quantitative estimate of drug-likeness (QED) is 0.512. The molecule has 28 heavy (non-hydrogen) atoms. The summed E-state index contributed by atoms with van der Waals surface area (Å²) in [5.74, 6) is 0.931.